The smallest absolute Gasteiger partial charge is 0.410 e. The highest BCUT2D eigenvalue weighted by atomic mass is 32.2. The Kier molecular flexibility index (Phi) is 7.80. The highest BCUT2D eigenvalue weighted by Gasteiger charge is 2.51. The third-order valence-electron chi connectivity index (χ3n) is 6.80. The van der Waals surface area contributed by atoms with Crippen molar-refractivity contribution < 1.29 is 22.7 Å². The summed E-state index contributed by atoms with van der Waals surface area (Å²) in [6.07, 6.45) is 9.65. The minimum Gasteiger partial charge on any atom is -0.444 e. The van der Waals surface area contributed by atoms with Gasteiger partial charge < -0.3 is 19.5 Å². The molecule has 4 rings (SSSR count). The first kappa shape index (κ1) is 27.6. The molecule has 2 aliphatic heterocycles. The van der Waals surface area contributed by atoms with Gasteiger partial charge in [0.1, 0.15) is 11.4 Å². The van der Waals surface area contributed by atoms with Crippen molar-refractivity contribution in [1.29, 1.82) is 0 Å². The number of benzene rings is 1. The number of aromatic nitrogens is 2. The first-order chi connectivity index (χ1) is 17.9. The predicted octanol–water partition coefficient (Wildman–Crippen LogP) is 3.48. The summed E-state index contributed by atoms with van der Waals surface area (Å²) in [5, 5.41) is 2.78. The number of rotatable bonds is 7. The Balaban J connectivity index is 1.36. The van der Waals surface area contributed by atoms with Gasteiger partial charge in [-0.1, -0.05) is 18.7 Å². The van der Waals surface area contributed by atoms with E-state index in [9.17, 15) is 18.0 Å². The minimum atomic E-state index is -3.74. The van der Waals surface area contributed by atoms with Gasteiger partial charge in [0.25, 0.3) is 0 Å². The lowest BCUT2D eigenvalue weighted by atomic mass is 9.95. The van der Waals surface area contributed by atoms with Crippen molar-refractivity contribution in [3.05, 3.63) is 60.7 Å². The summed E-state index contributed by atoms with van der Waals surface area (Å²) in [5.41, 5.74) is -0.376. The van der Waals surface area contributed by atoms with Crippen molar-refractivity contribution in [3.8, 4) is 0 Å². The molecule has 11 heteroatoms. The summed E-state index contributed by atoms with van der Waals surface area (Å²) in [5.74, 6) is 0.333. The topological polar surface area (TPSA) is 114 Å². The van der Waals surface area contributed by atoms with Crippen molar-refractivity contribution in [1.82, 2.24) is 24.1 Å². The first-order valence-corrected chi connectivity index (χ1v) is 14.1. The van der Waals surface area contributed by atoms with Gasteiger partial charge in [0.05, 0.1) is 10.4 Å². The van der Waals surface area contributed by atoms with Crippen LogP contribution in [-0.2, 0) is 26.1 Å². The summed E-state index contributed by atoms with van der Waals surface area (Å²) >= 11 is 0. The van der Waals surface area contributed by atoms with Crippen LogP contribution in [0.3, 0.4) is 0 Å². The Labute approximate surface area is 224 Å². The van der Waals surface area contributed by atoms with Gasteiger partial charge in [-0.3, -0.25) is 4.79 Å². The number of hydrogen-bond acceptors (Lipinski definition) is 6. The number of nitrogens with one attached hydrogen (secondary N) is 1. The van der Waals surface area contributed by atoms with Gasteiger partial charge in [-0.25, -0.2) is 18.2 Å². The molecule has 0 bridgehead atoms. The number of carbonyl (C=O) groups excluding carboxylic acids is 2. The van der Waals surface area contributed by atoms with E-state index >= 15 is 0 Å². The molecule has 2 aromatic rings. The molecule has 1 aromatic carbocycles. The number of nitrogens with zero attached hydrogens (tertiary/aromatic N) is 4. The lowest BCUT2D eigenvalue weighted by Crippen LogP contribution is -2.51. The maximum atomic E-state index is 13.4. The van der Waals surface area contributed by atoms with Crippen LogP contribution in [-0.4, -0.2) is 69.9 Å². The second-order valence-electron chi connectivity index (χ2n) is 10.6. The van der Waals surface area contributed by atoms with Gasteiger partial charge in [0.2, 0.25) is 15.9 Å². The van der Waals surface area contributed by atoms with Crippen molar-refractivity contribution in [3.63, 3.8) is 0 Å². The van der Waals surface area contributed by atoms with E-state index in [2.05, 4.69) is 16.9 Å². The molecule has 0 aliphatic carbocycles. The normalized spacial score (nSPS) is 20.3. The van der Waals surface area contributed by atoms with Gasteiger partial charge >= 0.3 is 6.09 Å². The molecule has 10 nitrogen and oxygen atoms in total. The van der Waals surface area contributed by atoms with Crippen LogP contribution in [0.4, 0.5) is 4.79 Å². The van der Waals surface area contributed by atoms with Crippen molar-refractivity contribution in [2.75, 3.05) is 19.6 Å². The van der Waals surface area contributed by atoms with E-state index in [1.54, 1.807) is 58.4 Å². The largest absolute Gasteiger partial charge is 0.444 e. The molecule has 1 atom stereocenters. The van der Waals surface area contributed by atoms with Gasteiger partial charge in [-0.2, -0.15) is 4.31 Å². The summed E-state index contributed by atoms with van der Waals surface area (Å²) in [4.78, 5) is 31.0. The Morgan fingerprint density at radius 1 is 1.18 bits per heavy atom. The van der Waals surface area contributed by atoms with E-state index in [-0.39, 0.29) is 30.0 Å². The van der Waals surface area contributed by atoms with E-state index < -0.39 is 21.2 Å². The standard InChI is InChI=1S/C27H35N5O5S/c1-5-23-28-14-18-30(23)16-11-24(33)29-19-21-7-9-22(10-8-21)38(35,36)31-17-13-27(20-31)12-6-15-32(27)25(34)37-26(2,3)4/h5,7-11,14,16,18H,1,6,12-13,15,17,19-20H2,2-4H3,(H,29,33). The number of amides is 2. The van der Waals surface area contributed by atoms with Gasteiger partial charge in [0, 0.05) is 50.8 Å². The second kappa shape index (κ2) is 10.7. The zero-order valence-corrected chi connectivity index (χ0v) is 22.9. The van der Waals surface area contributed by atoms with Crippen LogP contribution in [0.2, 0.25) is 0 Å². The highest BCUT2D eigenvalue weighted by Crippen LogP contribution is 2.40. The SMILES string of the molecule is C=Cc1nccn1C=CC(=O)NCc1ccc(S(=O)(=O)N2CCC3(CCCN3C(=O)OC(C)(C)C)C2)cc1. The van der Waals surface area contributed by atoms with Crippen LogP contribution in [0.15, 0.2) is 54.2 Å². The van der Waals surface area contributed by atoms with Gasteiger partial charge in [-0.05, 0) is 63.8 Å². The molecule has 0 saturated carbocycles. The van der Waals surface area contributed by atoms with Crippen LogP contribution in [0.5, 0.6) is 0 Å². The number of sulfonamides is 1. The van der Waals surface area contributed by atoms with Crippen LogP contribution in [0, 0.1) is 0 Å². The Morgan fingerprint density at radius 2 is 1.92 bits per heavy atom. The Morgan fingerprint density at radius 3 is 2.61 bits per heavy atom. The summed E-state index contributed by atoms with van der Waals surface area (Å²) in [6, 6.07) is 6.49. The highest BCUT2D eigenvalue weighted by molar-refractivity contribution is 7.89. The quantitative estimate of drug-likeness (QED) is 0.537. The average molecular weight is 542 g/mol. The lowest BCUT2D eigenvalue weighted by molar-refractivity contribution is -0.116. The first-order valence-electron chi connectivity index (χ1n) is 12.6. The molecule has 2 saturated heterocycles. The molecule has 1 spiro atoms. The molecule has 1 unspecified atom stereocenters. The summed E-state index contributed by atoms with van der Waals surface area (Å²) in [7, 11) is -3.74. The zero-order chi connectivity index (χ0) is 27.6. The van der Waals surface area contributed by atoms with Crippen LogP contribution in [0.25, 0.3) is 12.3 Å². The van der Waals surface area contributed by atoms with Crippen molar-refractivity contribution >= 4 is 34.3 Å². The number of likely N-dealkylation sites (tertiary alicyclic amines) is 1. The van der Waals surface area contributed by atoms with Crippen LogP contribution < -0.4 is 5.32 Å². The van der Waals surface area contributed by atoms with E-state index in [0.29, 0.717) is 25.3 Å². The molecule has 2 fully saturated rings. The molecule has 1 aromatic heterocycles. The molecule has 1 N–H and O–H groups in total. The Bertz CT molecular complexity index is 1330. The van der Waals surface area contributed by atoms with Crippen LogP contribution >= 0.6 is 0 Å². The number of imidazole rings is 1. The molecule has 38 heavy (non-hydrogen) atoms. The van der Waals surface area contributed by atoms with Crippen LogP contribution in [0.1, 0.15) is 51.4 Å². The molecule has 2 amide bonds. The molecule has 204 valence electrons. The third kappa shape index (κ3) is 5.99. The fourth-order valence-corrected chi connectivity index (χ4v) is 6.44. The second-order valence-corrected chi connectivity index (χ2v) is 12.6. The fourth-order valence-electron chi connectivity index (χ4n) is 4.92. The zero-order valence-electron chi connectivity index (χ0n) is 22.1. The van der Waals surface area contributed by atoms with Crippen molar-refractivity contribution in [2.45, 2.75) is 62.6 Å². The summed E-state index contributed by atoms with van der Waals surface area (Å²) < 4.78 is 35.5. The predicted molar refractivity (Wildman–Crippen MR) is 144 cm³/mol. The lowest BCUT2D eigenvalue weighted by Gasteiger charge is -2.36. The number of hydrogen-bond donors (Lipinski definition) is 1. The maximum absolute atomic E-state index is 13.4. The van der Waals surface area contributed by atoms with E-state index in [1.807, 2.05) is 20.8 Å². The minimum absolute atomic E-state index is 0.184. The van der Waals surface area contributed by atoms with E-state index in [1.165, 1.54) is 10.4 Å². The van der Waals surface area contributed by atoms with Gasteiger partial charge in [0.15, 0.2) is 0 Å². The average Bonchev–Trinajstić information content (AvgIpc) is 3.61. The molecule has 2 aliphatic rings. The third-order valence-corrected chi connectivity index (χ3v) is 8.66. The maximum Gasteiger partial charge on any atom is 0.410 e. The number of carbonyl (C=O) groups is 2. The molecule has 3 heterocycles. The Hall–Kier alpha value is -3.44. The van der Waals surface area contributed by atoms with E-state index in [0.717, 1.165) is 18.4 Å². The van der Waals surface area contributed by atoms with Crippen molar-refractivity contribution in [2.24, 2.45) is 0 Å². The monoisotopic (exact) mass is 541 g/mol. The molecular formula is C27H35N5O5S. The number of ether oxygens (including phenoxy) is 1. The van der Waals surface area contributed by atoms with E-state index in [4.69, 9.17) is 4.74 Å². The van der Waals surface area contributed by atoms with Gasteiger partial charge in [-0.15, -0.1) is 0 Å². The summed E-state index contributed by atoms with van der Waals surface area (Å²) in [6.45, 7) is 10.6. The molecular weight excluding hydrogens is 506 g/mol. The fraction of sp³-hybridized carbons (Fsp3) is 0.444. The molecule has 0 radical (unpaired) electrons.